The number of aliphatic hydroxyl groups is 1. The van der Waals surface area contributed by atoms with Crippen LogP contribution in [0.4, 0.5) is 23.2 Å². The summed E-state index contributed by atoms with van der Waals surface area (Å²) >= 11 is -1.26. The number of nitrogens with one attached hydrogen (secondary N) is 1. The van der Waals surface area contributed by atoms with Crippen LogP contribution in [0.2, 0.25) is 0 Å². The van der Waals surface area contributed by atoms with Crippen LogP contribution in [0.25, 0.3) is 0 Å². The summed E-state index contributed by atoms with van der Waals surface area (Å²) < 4.78 is 82.7. The Kier molecular flexibility index (Phi) is 8.92. The minimum atomic E-state index is -4.76. The molecule has 4 rings (SSSR count). The molecule has 0 aromatic heterocycles. The molecule has 4 N–H and O–H groups in total. The van der Waals surface area contributed by atoms with Gasteiger partial charge >= 0.3 is 6.18 Å². The van der Waals surface area contributed by atoms with Crippen LogP contribution >= 0.6 is 0 Å². The van der Waals surface area contributed by atoms with Crippen LogP contribution in [-0.2, 0) is 35.3 Å². The molecule has 7 nitrogen and oxygen atoms in total. The lowest BCUT2D eigenvalue weighted by Crippen LogP contribution is -2.54. The van der Waals surface area contributed by atoms with Crippen molar-refractivity contribution in [3.8, 4) is 11.5 Å². The standard InChI is InChI=1S/C27H34F4N2O5S/c1-26(2)10-17-5-4-15(8-21(17)38-26)11-33-20-14-39(35)13-18(25(20)34)6-16-7-19(28)24(32)22(9-16)37-23(12-36-3)27(29,30)31/h4-5,7-9,18,20,23,25,33-34H,6,10-14,32H2,1-3H3/t18-,20+,23-,25+,39-/m1/s1. The van der Waals surface area contributed by atoms with Gasteiger partial charge in [0.05, 0.1) is 18.8 Å². The Balaban J connectivity index is 1.44. The predicted octanol–water partition coefficient (Wildman–Crippen LogP) is 3.52. The minimum absolute atomic E-state index is 0.0708. The maximum atomic E-state index is 14.6. The van der Waals surface area contributed by atoms with Gasteiger partial charge in [-0.1, -0.05) is 23.3 Å². The van der Waals surface area contributed by atoms with Crippen molar-refractivity contribution >= 4 is 16.9 Å². The first-order valence-electron chi connectivity index (χ1n) is 12.6. The third-order valence-corrected chi connectivity index (χ3v) is 8.50. The highest BCUT2D eigenvalue weighted by Gasteiger charge is 2.43. The predicted molar refractivity (Wildman–Crippen MR) is 140 cm³/mol. The van der Waals surface area contributed by atoms with E-state index < -0.39 is 65.4 Å². The zero-order valence-electron chi connectivity index (χ0n) is 22.0. The Morgan fingerprint density at radius 1 is 1.23 bits per heavy atom. The number of alkyl halides is 3. The van der Waals surface area contributed by atoms with Crippen molar-refractivity contribution in [1.82, 2.24) is 5.32 Å². The molecule has 0 amide bonds. The fourth-order valence-electron chi connectivity index (χ4n) is 5.05. The number of hydrogen-bond donors (Lipinski definition) is 3. The number of benzene rings is 2. The van der Waals surface area contributed by atoms with Crippen LogP contribution in [0.15, 0.2) is 30.3 Å². The van der Waals surface area contributed by atoms with Crippen molar-refractivity contribution in [2.75, 3.05) is 31.0 Å². The van der Waals surface area contributed by atoms with Crippen LogP contribution in [0.3, 0.4) is 0 Å². The van der Waals surface area contributed by atoms with Crippen molar-refractivity contribution < 1.29 is 41.4 Å². The Morgan fingerprint density at radius 3 is 2.67 bits per heavy atom. The van der Waals surface area contributed by atoms with Gasteiger partial charge in [-0.2, -0.15) is 13.2 Å². The van der Waals surface area contributed by atoms with Gasteiger partial charge in [0, 0.05) is 26.0 Å². The maximum absolute atomic E-state index is 14.6. The van der Waals surface area contributed by atoms with Crippen LogP contribution in [0, 0.1) is 11.7 Å². The van der Waals surface area contributed by atoms with E-state index in [9.17, 15) is 27.2 Å². The first-order chi connectivity index (χ1) is 18.3. The number of aliphatic hydroxyl groups excluding tert-OH is 1. The molecule has 0 bridgehead atoms. The molecular formula is C27H34F4N2O5S. The lowest BCUT2D eigenvalue weighted by atomic mass is 9.91. The Morgan fingerprint density at radius 2 is 1.97 bits per heavy atom. The number of nitrogens with two attached hydrogens (primary N) is 1. The minimum Gasteiger partial charge on any atom is -0.616 e. The number of rotatable bonds is 9. The van der Waals surface area contributed by atoms with E-state index in [1.165, 1.54) is 6.07 Å². The first kappa shape index (κ1) is 29.7. The fourth-order valence-corrected chi connectivity index (χ4v) is 6.69. The summed E-state index contributed by atoms with van der Waals surface area (Å²) in [4.78, 5) is 0. The molecular weight excluding hydrogens is 540 g/mol. The Bertz CT molecular complexity index is 1170. The number of halogens is 4. The summed E-state index contributed by atoms with van der Waals surface area (Å²) in [6.07, 6.45) is -7.13. The van der Waals surface area contributed by atoms with Gasteiger partial charge in [-0.3, -0.25) is 0 Å². The molecule has 2 aromatic carbocycles. The molecule has 0 saturated carbocycles. The highest BCUT2D eigenvalue weighted by atomic mass is 32.2. The van der Waals surface area contributed by atoms with Crippen LogP contribution in [0.1, 0.15) is 30.5 Å². The van der Waals surface area contributed by atoms with Gasteiger partial charge in [-0.25, -0.2) is 4.39 Å². The molecule has 1 saturated heterocycles. The van der Waals surface area contributed by atoms with E-state index in [0.717, 1.165) is 36.5 Å². The second kappa shape index (κ2) is 11.7. The van der Waals surface area contributed by atoms with Gasteiger partial charge < -0.3 is 34.9 Å². The zero-order chi connectivity index (χ0) is 28.5. The molecule has 0 aliphatic carbocycles. The summed E-state index contributed by atoms with van der Waals surface area (Å²) in [6.45, 7) is 3.66. The zero-order valence-corrected chi connectivity index (χ0v) is 22.8. The number of nitrogen functional groups attached to an aromatic ring is 1. The Labute approximate surface area is 228 Å². The van der Waals surface area contributed by atoms with E-state index >= 15 is 0 Å². The normalized spacial score (nSPS) is 25.2. The van der Waals surface area contributed by atoms with E-state index in [-0.39, 0.29) is 29.1 Å². The number of hydrogen-bond acceptors (Lipinski definition) is 7. The molecule has 39 heavy (non-hydrogen) atoms. The lowest BCUT2D eigenvalue weighted by molar-refractivity contribution is -0.206. The summed E-state index contributed by atoms with van der Waals surface area (Å²) in [5.41, 5.74) is 7.19. The van der Waals surface area contributed by atoms with E-state index in [4.69, 9.17) is 15.2 Å². The number of anilines is 1. The number of ether oxygens (including phenoxy) is 3. The van der Waals surface area contributed by atoms with Crippen LogP contribution < -0.4 is 20.5 Å². The quantitative estimate of drug-likeness (QED) is 0.239. The topological polar surface area (TPSA) is 109 Å². The van der Waals surface area contributed by atoms with Crippen molar-refractivity contribution in [2.45, 2.75) is 63.3 Å². The van der Waals surface area contributed by atoms with Crippen molar-refractivity contribution in [3.05, 3.63) is 52.8 Å². The molecule has 0 radical (unpaired) electrons. The maximum Gasteiger partial charge on any atom is 0.427 e. The van der Waals surface area contributed by atoms with Gasteiger partial charge in [0.2, 0.25) is 6.10 Å². The second-order valence-corrected chi connectivity index (χ2v) is 12.3. The van der Waals surface area contributed by atoms with E-state index in [1.807, 2.05) is 32.0 Å². The van der Waals surface area contributed by atoms with Crippen molar-refractivity contribution in [2.24, 2.45) is 5.92 Å². The van der Waals surface area contributed by atoms with E-state index in [0.29, 0.717) is 6.54 Å². The number of fused-ring (bicyclic) bond motifs is 1. The largest absolute Gasteiger partial charge is 0.616 e. The summed E-state index contributed by atoms with van der Waals surface area (Å²) in [5.74, 6) is -0.712. The Hall–Kier alpha value is -2.25. The monoisotopic (exact) mass is 574 g/mol. The van der Waals surface area contributed by atoms with Gasteiger partial charge in [-0.05, 0) is 55.2 Å². The molecule has 216 valence electrons. The summed E-state index contributed by atoms with van der Waals surface area (Å²) in [7, 11) is 1.09. The highest BCUT2D eigenvalue weighted by Crippen LogP contribution is 2.36. The molecule has 2 aromatic rings. The van der Waals surface area contributed by atoms with Gasteiger partial charge in [0.1, 0.15) is 40.1 Å². The molecule has 12 heteroatoms. The molecule has 1 fully saturated rings. The van der Waals surface area contributed by atoms with Gasteiger partial charge in [-0.15, -0.1) is 0 Å². The van der Waals surface area contributed by atoms with Gasteiger partial charge in [0.25, 0.3) is 0 Å². The van der Waals surface area contributed by atoms with Crippen LogP contribution in [0.5, 0.6) is 11.5 Å². The van der Waals surface area contributed by atoms with Gasteiger partial charge in [0.15, 0.2) is 0 Å². The molecule has 5 atom stereocenters. The summed E-state index contributed by atoms with van der Waals surface area (Å²) in [6, 6.07) is 7.78. The first-order valence-corrected chi connectivity index (χ1v) is 14.1. The molecule has 2 aliphatic rings. The second-order valence-electron chi connectivity index (χ2n) is 10.8. The third-order valence-electron chi connectivity index (χ3n) is 6.96. The van der Waals surface area contributed by atoms with Crippen molar-refractivity contribution in [3.63, 3.8) is 0 Å². The fraction of sp³-hybridized carbons (Fsp3) is 0.556. The molecule has 2 aliphatic heterocycles. The molecule has 0 unspecified atom stereocenters. The number of methoxy groups -OCH3 is 1. The van der Waals surface area contributed by atoms with Crippen molar-refractivity contribution in [1.29, 1.82) is 0 Å². The summed E-state index contributed by atoms with van der Waals surface area (Å²) in [5, 5.41) is 14.4. The third kappa shape index (κ3) is 7.29. The average Bonchev–Trinajstić information content (AvgIpc) is 3.15. The smallest absolute Gasteiger partial charge is 0.427 e. The molecule has 2 heterocycles. The average molecular weight is 575 g/mol. The lowest BCUT2D eigenvalue weighted by Gasteiger charge is -2.36. The van der Waals surface area contributed by atoms with E-state index in [1.54, 1.807) is 0 Å². The molecule has 0 spiro atoms. The van der Waals surface area contributed by atoms with E-state index in [2.05, 4.69) is 10.1 Å². The highest BCUT2D eigenvalue weighted by molar-refractivity contribution is 7.91. The van der Waals surface area contributed by atoms with Crippen LogP contribution in [-0.4, -0.2) is 64.9 Å². The SMILES string of the molecule is COC[C@@H](Oc1cc(C[C@@H]2C[S@@+]([O-])C[C@H](NCc3ccc4c(c3)OC(C)(C)C4)[C@H]2O)cc(F)c1N)C(F)(F)F.